The molecule has 0 bridgehead atoms. The van der Waals surface area contributed by atoms with E-state index in [4.69, 9.17) is 4.74 Å². The average molecular weight is 929 g/mol. The van der Waals surface area contributed by atoms with Crippen LogP contribution in [0.1, 0.15) is 309 Å². The summed E-state index contributed by atoms with van der Waals surface area (Å²) in [5, 5.41) is 23.3. The Morgan fingerprint density at radius 2 is 0.758 bits per heavy atom. The number of nitrogens with one attached hydrogen (secondary N) is 1. The van der Waals surface area contributed by atoms with E-state index in [0.29, 0.717) is 25.9 Å². The summed E-state index contributed by atoms with van der Waals surface area (Å²) in [7, 11) is 0. The van der Waals surface area contributed by atoms with Crippen molar-refractivity contribution in [3.05, 3.63) is 36.5 Å². The number of carbonyl (C=O) groups is 2. The lowest BCUT2D eigenvalue weighted by Crippen LogP contribution is -2.45. The van der Waals surface area contributed by atoms with E-state index < -0.39 is 12.1 Å². The van der Waals surface area contributed by atoms with Crippen molar-refractivity contribution in [1.29, 1.82) is 0 Å². The molecule has 2 unspecified atom stereocenters. The molecule has 0 saturated carbocycles. The van der Waals surface area contributed by atoms with E-state index >= 15 is 0 Å². The zero-order valence-electron chi connectivity index (χ0n) is 44.2. The molecule has 0 saturated heterocycles. The fourth-order valence-corrected chi connectivity index (χ4v) is 8.92. The zero-order chi connectivity index (χ0) is 47.9. The highest BCUT2D eigenvalue weighted by molar-refractivity contribution is 5.76. The van der Waals surface area contributed by atoms with Crippen molar-refractivity contribution in [3.8, 4) is 0 Å². The van der Waals surface area contributed by atoms with Crippen molar-refractivity contribution in [2.45, 2.75) is 321 Å². The molecular weight excluding hydrogens is 815 g/mol. The molecule has 1 amide bonds. The molecule has 66 heavy (non-hydrogen) atoms. The van der Waals surface area contributed by atoms with Gasteiger partial charge in [-0.2, -0.15) is 0 Å². The molecule has 0 spiro atoms. The Morgan fingerprint density at radius 3 is 1.20 bits per heavy atom. The molecule has 0 aliphatic heterocycles. The second-order valence-corrected chi connectivity index (χ2v) is 20.0. The fourth-order valence-electron chi connectivity index (χ4n) is 8.92. The summed E-state index contributed by atoms with van der Waals surface area (Å²) in [6, 6.07) is -0.550. The Hall–Kier alpha value is -1.92. The maximum Gasteiger partial charge on any atom is 0.305 e. The first kappa shape index (κ1) is 64.1. The molecule has 0 aromatic carbocycles. The zero-order valence-corrected chi connectivity index (χ0v) is 44.2. The van der Waals surface area contributed by atoms with Gasteiger partial charge in [0.2, 0.25) is 5.91 Å². The van der Waals surface area contributed by atoms with Gasteiger partial charge in [0.15, 0.2) is 0 Å². The number of ether oxygens (including phenoxy) is 1. The van der Waals surface area contributed by atoms with Crippen LogP contribution in [0.2, 0.25) is 0 Å². The molecule has 0 aromatic rings. The van der Waals surface area contributed by atoms with E-state index in [2.05, 4.69) is 55.6 Å². The lowest BCUT2D eigenvalue weighted by Gasteiger charge is -2.22. The minimum atomic E-state index is -0.672. The molecule has 0 radical (unpaired) electrons. The van der Waals surface area contributed by atoms with Gasteiger partial charge in [-0.3, -0.25) is 9.59 Å². The van der Waals surface area contributed by atoms with E-state index in [0.717, 1.165) is 70.6 Å². The number of amides is 1. The van der Waals surface area contributed by atoms with Gasteiger partial charge in [-0.15, -0.1) is 0 Å². The first-order valence-corrected chi connectivity index (χ1v) is 29.3. The molecule has 0 aliphatic rings. The standard InChI is InChI=1S/C60H113NO5/c1-3-5-7-9-11-13-15-17-18-19-23-26-29-32-36-40-44-48-52-58(63)57(56-62)61-59(64)53-49-45-41-37-33-30-27-24-21-20-22-25-28-31-35-39-43-47-51-55-66-60(65)54-50-46-42-38-34-16-14-12-10-8-6-4-2/h12,14,25,28,31,35,57-58,62-63H,3-11,13,15-24,26-27,29-30,32-34,36-56H2,1-2H3,(H,61,64)/b14-12-,28-25-,35-31-. The first-order chi connectivity index (χ1) is 32.5. The second-order valence-electron chi connectivity index (χ2n) is 20.0. The van der Waals surface area contributed by atoms with Crippen LogP contribution in [0, 0.1) is 0 Å². The van der Waals surface area contributed by atoms with Crippen molar-refractivity contribution >= 4 is 11.9 Å². The fraction of sp³-hybridized carbons (Fsp3) is 0.867. The van der Waals surface area contributed by atoms with E-state index in [-0.39, 0.29) is 18.5 Å². The SMILES string of the molecule is CCCCC/C=C\CCCCCCCC(=O)OCCCCC/C=C\C=C/CCCCCCCCCCCCC(=O)NC(CO)C(O)CCCCCCCCCCCCCCCCCCCC. The van der Waals surface area contributed by atoms with E-state index in [1.165, 1.54) is 205 Å². The summed E-state index contributed by atoms with van der Waals surface area (Å²) in [6.07, 6.45) is 68.5. The van der Waals surface area contributed by atoms with Gasteiger partial charge in [-0.1, -0.05) is 249 Å². The van der Waals surface area contributed by atoms with Crippen LogP contribution >= 0.6 is 0 Å². The van der Waals surface area contributed by atoms with Crippen molar-refractivity contribution in [3.63, 3.8) is 0 Å². The molecule has 0 aromatic heterocycles. The van der Waals surface area contributed by atoms with Gasteiger partial charge in [0.05, 0.1) is 25.4 Å². The van der Waals surface area contributed by atoms with Gasteiger partial charge < -0.3 is 20.3 Å². The van der Waals surface area contributed by atoms with Crippen molar-refractivity contribution in [2.24, 2.45) is 0 Å². The highest BCUT2D eigenvalue weighted by Gasteiger charge is 2.20. The summed E-state index contributed by atoms with van der Waals surface area (Å²) in [4.78, 5) is 24.5. The van der Waals surface area contributed by atoms with Crippen LogP contribution in [0.25, 0.3) is 0 Å². The van der Waals surface area contributed by atoms with Gasteiger partial charge in [0.25, 0.3) is 0 Å². The predicted octanol–water partition coefficient (Wildman–Crippen LogP) is 18.0. The monoisotopic (exact) mass is 928 g/mol. The van der Waals surface area contributed by atoms with Crippen molar-refractivity contribution in [1.82, 2.24) is 5.32 Å². The number of hydrogen-bond acceptors (Lipinski definition) is 5. The lowest BCUT2D eigenvalue weighted by atomic mass is 10.0. The van der Waals surface area contributed by atoms with Crippen LogP contribution in [0.15, 0.2) is 36.5 Å². The number of allylic oxidation sites excluding steroid dienone is 6. The molecule has 2 atom stereocenters. The number of esters is 1. The third-order valence-corrected chi connectivity index (χ3v) is 13.4. The van der Waals surface area contributed by atoms with Crippen LogP contribution in [-0.2, 0) is 14.3 Å². The van der Waals surface area contributed by atoms with Crippen LogP contribution in [0.5, 0.6) is 0 Å². The van der Waals surface area contributed by atoms with E-state index in [9.17, 15) is 19.8 Å². The average Bonchev–Trinajstić information content (AvgIpc) is 3.32. The Balaban J connectivity index is 3.49. The normalized spacial score (nSPS) is 12.8. The smallest absolute Gasteiger partial charge is 0.305 e. The molecule has 0 rings (SSSR count). The van der Waals surface area contributed by atoms with Crippen LogP contribution in [-0.4, -0.2) is 47.4 Å². The summed E-state index contributed by atoms with van der Waals surface area (Å²) in [5.41, 5.74) is 0. The number of carbonyl (C=O) groups excluding carboxylic acids is 2. The van der Waals surface area contributed by atoms with E-state index in [1.54, 1.807) is 0 Å². The lowest BCUT2D eigenvalue weighted by molar-refractivity contribution is -0.143. The molecule has 388 valence electrons. The van der Waals surface area contributed by atoms with Crippen molar-refractivity contribution in [2.75, 3.05) is 13.2 Å². The molecule has 6 heteroatoms. The number of rotatable bonds is 54. The molecular formula is C60H113NO5. The maximum absolute atomic E-state index is 12.5. The Morgan fingerprint density at radius 1 is 0.424 bits per heavy atom. The molecule has 0 fully saturated rings. The van der Waals surface area contributed by atoms with E-state index in [1.807, 2.05) is 0 Å². The summed E-state index contributed by atoms with van der Waals surface area (Å²) in [6.45, 7) is 4.89. The summed E-state index contributed by atoms with van der Waals surface area (Å²) in [5.74, 6) is -0.0668. The maximum atomic E-state index is 12.5. The van der Waals surface area contributed by atoms with Gasteiger partial charge in [-0.25, -0.2) is 0 Å². The summed E-state index contributed by atoms with van der Waals surface area (Å²) < 4.78 is 5.43. The molecule has 6 nitrogen and oxygen atoms in total. The first-order valence-electron chi connectivity index (χ1n) is 29.3. The number of hydrogen-bond donors (Lipinski definition) is 3. The van der Waals surface area contributed by atoms with Crippen LogP contribution in [0.4, 0.5) is 0 Å². The Labute approximate surface area is 411 Å². The minimum absolute atomic E-state index is 0.0235. The Bertz CT molecular complexity index is 1070. The molecule has 0 heterocycles. The van der Waals surface area contributed by atoms with Crippen LogP contribution in [0.3, 0.4) is 0 Å². The molecule has 0 aliphatic carbocycles. The van der Waals surface area contributed by atoms with Gasteiger partial charge in [0.1, 0.15) is 0 Å². The largest absolute Gasteiger partial charge is 0.466 e. The number of aliphatic hydroxyl groups excluding tert-OH is 2. The highest BCUT2D eigenvalue weighted by Crippen LogP contribution is 2.17. The van der Waals surface area contributed by atoms with Gasteiger partial charge >= 0.3 is 5.97 Å². The van der Waals surface area contributed by atoms with Crippen molar-refractivity contribution < 1.29 is 24.5 Å². The molecule has 3 N–H and O–H groups in total. The summed E-state index contributed by atoms with van der Waals surface area (Å²) >= 11 is 0. The van der Waals surface area contributed by atoms with Gasteiger partial charge in [-0.05, 0) is 83.5 Å². The quantitative estimate of drug-likeness (QED) is 0.0244. The number of aliphatic hydroxyl groups is 2. The number of unbranched alkanes of at least 4 members (excludes halogenated alkanes) is 38. The minimum Gasteiger partial charge on any atom is -0.466 e. The topological polar surface area (TPSA) is 95.9 Å². The van der Waals surface area contributed by atoms with Gasteiger partial charge in [0, 0.05) is 12.8 Å². The third-order valence-electron chi connectivity index (χ3n) is 13.4. The second kappa shape index (κ2) is 55.7. The highest BCUT2D eigenvalue weighted by atomic mass is 16.5. The van der Waals surface area contributed by atoms with Crippen LogP contribution < -0.4 is 5.32 Å². The Kier molecular flexibility index (Phi) is 54.1. The predicted molar refractivity (Wildman–Crippen MR) is 287 cm³/mol. The third kappa shape index (κ3) is 51.5.